The zero-order valence-electron chi connectivity index (χ0n) is 23.4. The average Bonchev–Trinajstić information content (AvgIpc) is 3.65. The number of ether oxygens (including phenoxy) is 1. The van der Waals surface area contributed by atoms with Crippen molar-refractivity contribution in [3.05, 3.63) is 95.7 Å². The third-order valence-electron chi connectivity index (χ3n) is 6.95. The van der Waals surface area contributed by atoms with Crippen molar-refractivity contribution < 1.29 is 9.53 Å². The summed E-state index contributed by atoms with van der Waals surface area (Å²) in [5.74, 6) is 6.16. The van der Waals surface area contributed by atoms with Gasteiger partial charge in [0.05, 0.1) is 17.9 Å². The molecular formula is C31H39N5O2. The summed E-state index contributed by atoms with van der Waals surface area (Å²) in [5, 5.41) is 6.27. The lowest BCUT2D eigenvalue weighted by molar-refractivity contribution is -0.115. The Morgan fingerprint density at radius 1 is 1.26 bits per heavy atom. The second-order valence-electron chi connectivity index (χ2n) is 10.3. The maximum atomic E-state index is 13.3. The second-order valence-corrected chi connectivity index (χ2v) is 10.3. The maximum Gasteiger partial charge on any atom is 0.251 e. The monoisotopic (exact) mass is 513 g/mol. The first-order valence-corrected chi connectivity index (χ1v) is 12.8. The van der Waals surface area contributed by atoms with Gasteiger partial charge in [0.15, 0.2) is 0 Å². The minimum atomic E-state index is -0.236. The number of likely N-dealkylation sites (N-methyl/N-ethyl adjacent to an activating group) is 1. The average molecular weight is 514 g/mol. The van der Waals surface area contributed by atoms with Crippen LogP contribution in [0.1, 0.15) is 52.5 Å². The van der Waals surface area contributed by atoms with Gasteiger partial charge in [-0.2, -0.15) is 0 Å². The molecule has 0 aliphatic heterocycles. The van der Waals surface area contributed by atoms with Crippen molar-refractivity contribution in [2.45, 2.75) is 52.5 Å². The standard InChI is InChI=1S/C31H39N5O2/c1-8-9-28(32-6)23(2)24(3)36(31(5)16-17-31)27(11-10-25-19-33-22-34-20-25)18-29(37)35-26-12-14-30(4,15-13-26)21-38-7/h8-9,12-14,18-20,22,32H,1,15-17,21H2,2-7H3,(H,35,37)/b24-23+,27-18+,28-9+. The molecule has 1 atom stereocenters. The maximum absolute atomic E-state index is 13.3. The number of amides is 1. The Hall–Kier alpha value is -3.89. The number of carbonyl (C=O) groups excluding carboxylic acids is 1. The quantitative estimate of drug-likeness (QED) is 0.267. The fraction of sp³-hybridized carbons (Fsp3) is 0.387. The molecule has 1 heterocycles. The normalized spacial score (nSPS) is 20.8. The molecule has 0 aromatic carbocycles. The fourth-order valence-electron chi connectivity index (χ4n) is 4.42. The van der Waals surface area contributed by atoms with Crippen molar-refractivity contribution in [2.75, 3.05) is 20.8 Å². The van der Waals surface area contributed by atoms with Crippen molar-refractivity contribution in [1.82, 2.24) is 25.5 Å². The van der Waals surface area contributed by atoms with Crippen LogP contribution in [0.4, 0.5) is 0 Å². The van der Waals surface area contributed by atoms with Gasteiger partial charge in [-0.1, -0.05) is 37.7 Å². The molecule has 7 heteroatoms. The molecule has 1 unspecified atom stereocenters. The SMILES string of the molecule is C=C/C=C(NC)\C(C)=C(/C)N(/C(C#Cc1cncnc1)=C/C(=O)NC1=CCC(C)(COC)C=C1)C1(C)CC1. The van der Waals surface area contributed by atoms with Gasteiger partial charge >= 0.3 is 0 Å². The highest BCUT2D eigenvalue weighted by atomic mass is 16.5. The lowest BCUT2D eigenvalue weighted by Gasteiger charge is -2.34. The lowest BCUT2D eigenvalue weighted by atomic mass is 9.84. The van der Waals surface area contributed by atoms with E-state index in [-0.39, 0.29) is 16.9 Å². The molecule has 3 rings (SSSR count). The summed E-state index contributed by atoms with van der Waals surface area (Å²) in [4.78, 5) is 23.6. The number of nitrogens with zero attached hydrogens (tertiary/aromatic N) is 3. The van der Waals surface area contributed by atoms with E-state index in [9.17, 15) is 4.79 Å². The molecule has 1 aromatic rings. The number of hydrogen-bond acceptors (Lipinski definition) is 6. The first-order valence-electron chi connectivity index (χ1n) is 12.8. The van der Waals surface area contributed by atoms with Gasteiger partial charge in [-0.25, -0.2) is 9.97 Å². The Kier molecular flexibility index (Phi) is 9.49. The smallest absolute Gasteiger partial charge is 0.251 e. The first kappa shape index (κ1) is 28.7. The summed E-state index contributed by atoms with van der Waals surface area (Å²) < 4.78 is 5.34. The van der Waals surface area contributed by atoms with Crippen LogP contribution in [0.5, 0.6) is 0 Å². The number of rotatable bonds is 10. The zero-order chi connectivity index (χ0) is 27.8. The van der Waals surface area contributed by atoms with E-state index in [4.69, 9.17) is 4.74 Å². The zero-order valence-corrected chi connectivity index (χ0v) is 23.4. The number of nitrogens with one attached hydrogen (secondary N) is 2. The number of methoxy groups -OCH3 is 1. The summed E-state index contributed by atoms with van der Waals surface area (Å²) >= 11 is 0. The molecule has 1 fully saturated rings. The third kappa shape index (κ3) is 7.33. The molecule has 2 aliphatic carbocycles. The Labute approximate surface area is 227 Å². The van der Waals surface area contributed by atoms with Gasteiger partial charge in [0.2, 0.25) is 0 Å². The molecule has 0 spiro atoms. The molecule has 200 valence electrons. The summed E-state index contributed by atoms with van der Waals surface area (Å²) in [5.41, 5.74) is 4.85. The molecule has 1 amide bonds. The van der Waals surface area contributed by atoms with Crippen LogP contribution in [0, 0.1) is 17.3 Å². The number of aromatic nitrogens is 2. The van der Waals surface area contributed by atoms with Crippen LogP contribution in [0.2, 0.25) is 0 Å². The largest absolute Gasteiger partial charge is 0.388 e. The summed E-state index contributed by atoms with van der Waals surface area (Å²) in [7, 11) is 3.59. The molecule has 2 aliphatic rings. The van der Waals surface area contributed by atoms with Crippen LogP contribution >= 0.6 is 0 Å². The molecule has 1 saturated carbocycles. The highest BCUT2D eigenvalue weighted by Gasteiger charge is 2.45. The minimum absolute atomic E-state index is 0.0754. The number of allylic oxidation sites excluding steroid dienone is 7. The van der Waals surface area contributed by atoms with Gasteiger partial charge in [0.25, 0.3) is 5.91 Å². The van der Waals surface area contributed by atoms with Gasteiger partial charge in [-0.05, 0) is 63.7 Å². The Morgan fingerprint density at radius 2 is 1.97 bits per heavy atom. The van der Waals surface area contributed by atoms with E-state index in [1.807, 2.05) is 25.3 Å². The Bertz CT molecular complexity index is 1260. The van der Waals surface area contributed by atoms with Crippen molar-refractivity contribution in [1.29, 1.82) is 0 Å². The van der Waals surface area contributed by atoms with Crippen molar-refractivity contribution in [3.8, 4) is 11.8 Å². The van der Waals surface area contributed by atoms with Gasteiger partial charge < -0.3 is 20.3 Å². The van der Waals surface area contributed by atoms with E-state index in [0.717, 1.165) is 41.9 Å². The van der Waals surface area contributed by atoms with Gasteiger partial charge in [-0.15, -0.1) is 0 Å². The minimum Gasteiger partial charge on any atom is -0.388 e. The van der Waals surface area contributed by atoms with E-state index in [1.165, 1.54) is 6.33 Å². The van der Waals surface area contributed by atoms with Crippen molar-refractivity contribution in [3.63, 3.8) is 0 Å². The third-order valence-corrected chi connectivity index (χ3v) is 6.95. The molecule has 0 radical (unpaired) electrons. The van der Waals surface area contributed by atoms with E-state index >= 15 is 0 Å². The van der Waals surface area contributed by atoms with E-state index in [1.54, 1.807) is 31.7 Å². The molecule has 0 bridgehead atoms. The van der Waals surface area contributed by atoms with E-state index in [2.05, 4.69) is 77.7 Å². The summed E-state index contributed by atoms with van der Waals surface area (Å²) in [6.45, 7) is 12.9. The highest BCUT2D eigenvalue weighted by molar-refractivity contribution is 5.90. The van der Waals surface area contributed by atoms with Crippen LogP contribution in [0.25, 0.3) is 0 Å². The van der Waals surface area contributed by atoms with Crippen LogP contribution in [0.3, 0.4) is 0 Å². The van der Waals surface area contributed by atoms with Crippen LogP contribution in [0.15, 0.2) is 90.1 Å². The van der Waals surface area contributed by atoms with Crippen LogP contribution in [-0.4, -0.2) is 47.1 Å². The molecule has 1 aromatic heterocycles. The van der Waals surface area contributed by atoms with E-state index < -0.39 is 0 Å². The van der Waals surface area contributed by atoms with Gasteiger partial charge in [0, 0.05) is 60.7 Å². The Balaban J connectivity index is 2.01. The first-order chi connectivity index (χ1) is 18.1. The summed E-state index contributed by atoms with van der Waals surface area (Å²) in [6, 6.07) is 0. The van der Waals surface area contributed by atoms with Crippen molar-refractivity contribution >= 4 is 5.91 Å². The molecule has 7 nitrogen and oxygen atoms in total. The predicted octanol–water partition coefficient (Wildman–Crippen LogP) is 4.76. The van der Waals surface area contributed by atoms with Gasteiger partial charge in [-0.3, -0.25) is 4.79 Å². The lowest BCUT2D eigenvalue weighted by Crippen LogP contribution is -2.35. The number of carbonyl (C=O) groups is 1. The number of hydrogen-bond donors (Lipinski definition) is 2. The summed E-state index contributed by atoms with van der Waals surface area (Å²) in [6.07, 6.45) is 18.9. The van der Waals surface area contributed by atoms with Crippen LogP contribution in [-0.2, 0) is 9.53 Å². The highest BCUT2D eigenvalue weighted by Crippen LogP contribution is 2.46. The van der Waals surface area contributed by atoms with E-state index in [0.29, 0.717) is 17.9 Å². The van der Waals surface area contributed by atoms with Crippen LogP contribution < -0.4 is 10.6 Å². The van der Waals surface area contributed by atoms with Gasteiger partial charge in [0.1, 0.15) is 6.33 Å². The topological polar surface area (TPSA) is 79.4 Å². The Morgan fingerprint density at radius 3 is 2.53 bits per heavy atom. The fourth-order valence-corrected chi connectivity index (χ4v) is 4.42. The van der Waals surface area contributed by atoms with Crippen molar-refractivity contribution in [2.24, 2.45) is 5.41 Å². The molecule has 0 saturated heterocycles. The molecule has 2 N–H and O–H groups in total. The molecular weight excluding hydrogens is 474 g/mol. The predicted molar refractivity (Wildman–Crippen MR) is 152 cm³/mol. The second kappa shape index (κ2) is 12.6. The molecule has 38 heavy (non-hydrogen) atoms.